The maximum atomic E-state index is 12.8. The first-order valence-electron chi connectivity index (χ1n) is 4.36. The van der Waals surface area contributed by atoms with Gasteiger partial charge < -0.3 is 0 Å². The van der Waals surface area contributed by atoms with Gasteiger partial charge in [0, 0.05) is 0 Å². The van der Waals surface area contributed by atoms with Gasteiger partial charge in [0.25, 0.3) is 0 Å². The maximum absolute atomic E-state index is 12.8. The van der Waals surface area contributed by atoms with Crippen molar-refractivity contribution in [2.24, 2.45) is 0 Å². The number of hydrogen-bond donors (Lipinski definition) is 0. The van der Waals surface area contributed by atoms with E-state index < -0.39 is 51.5 Å². The molecule has 17 heteroatoms. The van der Waals surface area contributed by atoms with Crippen LogP contribution in [0, 0.1) is 0 Å². The molecule has 0 aromatic heterocycles. The normalized spacial score (nSPS) is 17.4. The van der Waals surface area contributed by atoms with Crippen LogP contribution in [0.4, 0.5) is 67.2 Å². The summed E-state index contributed by atoms with van der Waals surface area (Å²) >= 11 is -10.9. The molecule has 23 heavy (non-hydrogen) atoms. The van der Waals surface area contributed by atoms with Gasteiger partial charge in [-0.15, -0.1) is 0 Å². The van der Waals surface area contributed by atoms with E-state index in [9.17, 15) is 67.2 Å². The van der Waals surface area contributed by atoms with Crippen LogP contribution in [0.5, 0.6) is 0 Å². The van der Waals surface area contributed by atoms with Crippen molar-refractivity contribution >= 4 is 19.3 Å². The molecule has 0 bridgehead atoms. The van der Waals surface area contributed by atoms with Crippen LogP contribution in [0.3, 0.4) is 0 Å². The second-order valence-corrected chi connectivity index (χ2v) is 9.25. The second-order valence-electron chi connectivity index (χ2n) is 3.65. The summed E-state index contributed by atoms with van der Waals surface area (Å²) in [6.07, 6.45) is -15.2. The van der Waals surface area contributed by atoms with Crippen molar-refractivity contribution in [1.82, 2.24) is 0 Å². The van der Waals surface area contributed by atoms with Crippen molar-refractivity contribution in [3.63, 3.8) is 0 Å². The fourth-order valence-electron chi connectivity index (χ4n) is 0.813. The molecule has 0 amide bonds. The zero-order valence-electron chi connectivity index (χ0n) is 9.46. The van der Waals surface area contributed by atoms with Gasteiger partial charge in [0.1, 0.15) is 0 Å². The molecule has 0 aromatic rings. The number of hydrogen-bond acceptors (Lipinski definition) is 0. The molecule has 0 rings (SSSR count). The van der Waals surface area contributed by atoms with Gasteiger partial charge in [-0.25, -0.2) is 0 Å². The Hall–Kier alpha value is -0.330. The molecule has 0 fully saturated rings. The van der Waals surface area contributed by atoms with Crippen molar-refractivity contribution in [2.75, 3.05) is 0 Å². The Morgan fingerprint density at radius 3 is 0.696 bits per heavy atom. The molecule has 0 aliphatic rings. The molecule has 0 atom stereocenters. The van der Waals surface area contributed by atoms with Gasteiger partial charge in [-0.3, -0.25) is 0 Å². The quantitative estimate of drug-likeness (QED) is 0.370. The van der Waals surface area contributed by atoms with Gasteiger partial charge in [-0.2, -0.15) is 0 Å². The third-order valence-corrected chi connectivity index (χ3v) is 7.23. The molecule has 0 saturated carbocycles. The van der Waals surface area contributed by atoms with E-state index in [-0.39, 0.29) is 0 Å². The first kappa shape index (κ1) is 22.7. The van der Waals surface area contributed by atoms with E-state index in [2.05, 4.69) is 0 Å². The molecular formula is C6F16Te. The van der Waals surface area contributed by atoms with E-state index in [1.54, 1.807) is 0 Å². The summed E-state index contributed by atoms with van der Waals surface area (Å²) in [6.45, 7) is 0. The number of halogens is 16. The Balaban J connectivity index is 6.37. The summed E-state index contributed by atoms with van der Waals surface area (Å²) in [5.74, 6) is -15.9. The van der Waals surface area contributed by atoms with E-state index >= 15 is 0 Å². The van der Waals surface area contributed by atoms with Gasteiger partial charge in [0.15, 0.2) is 0 Å². The zero-order valence-corrected chi connectivity index (χ0v) is 11.8. The average Bonchev–Trinajstić information content (AvgIpc) is 2.24. The minimum absolute atomic E-state index is 7.62. The first-order valence-corrected chi connectivity index (χ1v) is 8.45. The molecular weight excluding hydrogens is 504 g/mol. The molecule has 0 N–H and O–H groups in total. The van der Waals surface area contributed by atoms with Crippen molar-refractivity contribution in [2.45, 2.75) is 32.1 Å². The molecule has 0 radical (unpaired) electrons. The summed E-state index contributed by atoms with van der Waals surface area (Å²) in [6, 6.07) is 0. The van der Waals surface area contributed by atoms with Crippen LogP contribution in [0.2, 0.25) is 0 Å². The minimum atomic E-state index is -10.9. The van der Waals surface area contributed by atoms with Gasteiger partial charge in [0.2, 0.25) is 0 Å². The molecule has 0 aliphatic heterocycles. The third kappa shape index (κ3) is 2.91. The predicted octanol–water partition coefficient (Wildman–Crippen LogP) is 5.11. The number of rotatable bonds is 4. The van der Waals surface area contributed by atoms with E-state index in [4.69, 9.17) is 0 Å². The van der Waals surface area contributed by atoms with Crippen molar-refractivity contribution in [1.29, 1.82) is 0 Å². The summed E-state index contributed by atoms with van der Waals surface area (Å²) < 4.78 is 178. The van der Waals surface area contributed by atoms with Gasteiger partial charge in [-0.05, 0) is 0 Å². The van der Waals surface area contributed by atoms with Crippen LogP contribution >= 0.6 is 0 Å². The first-order chi connectivity index (χ1) is 9.50. The molecule has 0 heterocycles. The molecule has 0 aromatic carbocycles. The Kier molecular flexibility index (Phi) is 5.26. The van der Waals surface area contributed by atoms with Crippen LogP contribution in [0.15, 0.2) is 0 Å². The Morgan fingerprint density at radius 1 is 0.391 bits per heavy atom. The third-order valence-electron chi connectivity index (χ3n) is 2.09. The average molecular weight is 504 g/mol. The van der Waals surface area contributed by atoms with Crippen molar-refractivity contribution in [3.05, 3.63) is 0 Å². The fraction of sp³-hybridized carbons (Fsp3) is 1.00. The summed E-state index contributed by atoms with van der Waals surface area (Å²) in [7, 11) is 0. The van der Waals surface area contributed by atoms with E-state index in [1.165, 1.54) is 0 Å². The van der Waals surface area contributed by atoms with Crippen LogP contribution in [-0.4, -0.2) is 51.5 Å². The van der Waals surface area contributed by atoms with Gasteiger partial charge >= 0.3 is 119 Å². The SMILES string of the molecule is FC(F)(F)C(F)(F)C(F)(F)[Te](F)(F)C(F)(F)C(F)(F)C(F)(F)F. The van der Waals surface area contributed by atoms with Crippen LogP contribution < -0.4 is 0 Å². The molecule has 0 aliphatic carbocycles. The predicted molar refractivity (Wildman–Crippen MR) is 39.9 cm³/mol. The van der Waals surface area contributed by atoms with Gasteiger partial charge in [-0.1, -0.05) is 0 Å². The van der Waals surface area contributed by atoms with Crippen LogP contribution in [0.1, 0.15) is 0 Å². The standard InChI is InChI=1S/C6F16Te/c7-1(8,3(11,12)13)5(17,18)23(21,22)6(19,20)2(9,10)4(14,15)16. The number of alkyl halides is 14. The van der Waals surface area contributed by atoms with Crippen LogP contribution in [0.25, 0.3) is 0 Å². The Bertz CT molecular complexity index is 398. The van der Waals surface area contributed by atoms with Crippen LogP contribution in [-0.2, 0) is 0 Å². The summed E-state index contributed by atoms with van der Waals surface area (Å²) in [5.41, 5.74) is 0. The molecule has 0 unspecified atom stereocenters. The van der Waals surface area contributed by atoms with E-state index in [0.29, 0.717) is 0 Å². The molecule has 142 valence electrons. The fourth-order valence-corrected chi connectivity index (χ4v) is 4.23. The van der Waals surface area contributed by atoms with E-state index in [1.807, 2.05) is 0 Å². The Labute approximate surface area is 119 Å². The summed E-state index contributed by atoms with van der Waals surface area (Å²) in [4.78, 5) is 0. The zero-order chi connectivity index (χ0) is 19.5. The topological polar surface area (TPSA) is 0 Å². The van der Waals surface area contributed by atoms with Crippen molar-refractivity contribution in [3.8, 4) is 0 Å². The van der Waals surface area contributed by atoms with Crippen molar-refractivity contribution < 1.29 is 67.2 Å². The molecule has 0 nitrogen and oxygen atoms in total. The Morgan fingerprint density at radius 2 is 0.565 bits per heavy atom. The monoisotopic (exact) mass is 506 g/mol. The van der Waals surface area contributed by atoms with E-state index in [0.717, 1.165) is 0 Å². The second kappa shape index (κ2) is 5.33. The molecule has 0 spiro atoms. The van der Waals surface area contributed by atoms with Gasteiger partial charge in [0.05, 0.1) is 0 Å². The molecule has 0 saturated heterocycles. The summed E-state index contributed by atoms with van der Waals surface area (Å²) in [5, 5.41) is 0.